The number of hydrogen-bond donors (Lipinski definition) is 2. The van der Waals surface area contributed by atoms with Crippen molar-refractivity contribution in [1.29, 1.82) is 0 Å². The van der Waals surface area contributed by atoms with Crippen LogP contribution in [-0.2, 0) is 4.79 Å². The molecule has 34 heavy (non-hydrogen) atoms. The Kier molecular flexibility index (Phi) is 7.84. The Bertz CT molecular complexity index is 1270. The van der Waals surface area contributed by atoms with Crippen molar-refractivity contribution in [3.63, 3.8) is 0 Å². The molecule has 2 N–H and O–H groups in total. The zero-order chi connectivity index (χ0) is 23.9. The normalized spacial score (nSPS) is 10.5. The fourth-order valence-corrected chi connectivity index (χ4v) is 5.35. The number of carbonyl (C=O) groups is 2. The number of thiophene rings is 1. The molecule has 0 saturated carbocycles. The van der Waals surface area contributed by atoms with Crippen LogP contribution in [0.5, 0.6) is 11.5 Å². The number of nitrogens with zero attached hydrogens (tertiary/aromatic N) is 1. The summed E-state index contributed by atoms with van der Waals surface area (Å²) < 4.78 is 10.6. The second kappa shape index (κ2) is 11.2. The minimum absolute atomic E-state index is 0.148. The molecule has 2 aromatic carbocycles. The molecule has 0 saturated heterocycles. The van der Waals surface area contributed by atoms with Crippen molar-refractivity contribution >= 4 is 57.1 Å². The van der Waals surface area contributed by atoms with Gasteiger partial charge in [0.2, 0.25) is 5.91 Å². The fourth-order valence-electron chi connectivity index (χ4n) is 3.11. The number of methoxy groups -OCH3 is 2. The van der Waals surface area contributed by atoms with Crippen molar-refractivity contribution in [3.8, 4) is 22.1 Å². The lowest BCUT2D eigenvalue weighted by molar-refractivity contribution is -0.113. The van der Waals surface area contributed by atoms with Gasteiger partial charge in [0.05, 0.1) is 30.5 Å². The van der Waals surface area contributed by atoms with Crippen LogP contribution in [0.4, 0.5) is 10.8 Å². The zero-order valence-electron chi connectivity index (χ0n) is 18.4. The number of rotatable bonds is 9. The van der Waals surface area contributed by atoms with Crippen LogP contribution in [0.25, 0.3) is 10.6 Å². The molecule has 0 bridgehead atoms. The van der Waals surface area contributed by atoms with Crippen molar-refractivity contribution in [2.24, 2.45) is 0 Å². The maximum atomic E-state index is 12.9. The maximum absolute atomic E-state index is 12.9. The van der Waals surface area contributed by atoms with E-state index in [4.69, 9.17) is 9.47 Å². The van der Waals surface area contributed by atoms with Gasteiger partial charge in [0, 0.05) is 16.0 Å². The van der Waals surface area contributed by atoms with Gasteiger partial charge >= 0.3 is 0 Å². The van der Waals surface area contributed by atoms with Crippen molar-refractivity contribution in [2.75, 3.05) is 30.6 Å². The molecule has 7 nitrogen and oxygen atoms in total. The first-order valence-corrected chi connectivity index (χ1v) is 12.9. The van der Waals surface area contributed by atoms with Gasteiger partial charge in [-0.2, -0.15) is 0 Å². The van der Waals surface area contributed by atoms with E-state index in [0.717, 1.165) is 15.5 Å². The van der Waals surface area contributed by atoms with Crippen molar-refractivity contribution < 1.29 is 19.1 Å². The summed E-state index contributed by atoms with van der Waals surface area (Å²) in [7, 11) is 3.01. The first-order chi connectivity index (χ1) is 16.6. The average Bonchev–Trinajstić information content (AvgIpc) is 3.54. The monoisotopic (exact) mass is 511 g/mol. The fraction of sp³-hybridized carbons (Fsp3) is 0.125. The molecule has 0 aliphatic rings. The summed E-state index contributed by atoms with van der Waals surface area (Å²) in [6.07, 6.45) is 0. The predicted molar refractivity (Wildman–Crippen MR) is 139 cm³/mol. The molecule has 174 valence electrons. The van der Waals surface area contributed by atoms with Crippen molar-refractivity contribution in [3.05, 3.63) is 70.9 Å². The summed E-state index contributed by atoms with van der Waals surface area (Å²) in [5.41, 5.74) is 1.78. The van der Waals surface area contributed by atoms with Crippen LogP contribution in [0.15, 0.2) is 70.3 Å². The second-order valence-corrected chi connectivity index (χ2v) is 9.73. The number of thioether (sulfide) groups is 1. The number of amides is 2. The molecule has 0 spiro atoms. The predicted octanol–water partition coefficient (Wildman–Crippen LogP) is 5.87. The van der Waals surface area contributed by atoms with E-state index >= 15 is 0 Å². The summed E-state index contributed by atoms with van der Waals surface area (Å²) in [6, 6.07) is 16.4. The molecule has 0 aliphatic heterocycles. The summed E-state index contributed by atoms with van der Waals surface area (Å²) >= 11 is 4.38. The molecule has 10 heteroatoms. The molecule has 0 aliphatic carbocycles. The first kappa shape index (κ1) is 23.8. The smallest absolute Gasteiger partial charge is 0.263 e. The van der Waals surface area contributed by atoms with Gasteiger partial charge in [0.15, 0.2) is 5.13 Å². The largest absolute Gasteiger partial charge is 0.496 e. The van der Waals surface area contributed by atoms with Gasteiger partial charge in [-0.25, -0.2) is 4.98 Å². The highest BCUT2D eigenvalue weighted by Crippen LogP contribution is 2.30. The molecular weight excluding hydrogens is 490 g/mol. The number of benzene rings is 2. The summed E-state index contributed by atoms with van der Waals surface area (Å²) in [4.78, 5) is 31.7. The Morgan fingerprint density at radius 3 is 2.44 bits per heavy atom. The van der Waals surface area contributed by atoms with Crippen molar-refractivity contribution in [2.45, 2.75) is 4.90 Å². The Balaban J connectivity index is 1.36. The number of anilines is 2. The number of carbonyl (C=O) groups excluding carboxylic acids is 2. The Morgan fingerprint density at radius 2 is 1.74 bits per heavy atom. The van der Waals surface area contributed by atoms with Crippen molar-refractivity contribution in [1.82, 2.24) is 4.98 Å². The highest BCUT2D eigenvalue weighted by Gasteiger charge is 2.18. The van der Waals surface area contributed by atoms with Gasteiger partial charge in [-0.3, -0.25) is 9.59 Å². The van der Waals surface area contributed by atoms with Gasteiger partial charge in [-0.05, 0) is 41.8 Å². The molecule has 4 aromatic rings. The maximum Gasteiger partial charge on any atom is 0.263 e. The minimum Gasteiger partial charge on any atom is -0.496 e. The number of ether oxygens (including phenoxy) is 2. The molecule has 2 heterocycles. The molecule has 0 unspecified atom stereocenters. The highest BCUT2D eigenvalue weighted by molar-refractivity contribution is 8.00. The Hall–Kier alpha value is -3.34. The number of thiazole rings is 1. The standard InChI is InChI=1S/C24H21N3O4S3/c1-30-18-8-4-9-19(31-2)22(18)23(29)25-15-6-3-7-16(12-15)33-14-21(28)27-24-26-17(13-34-24)20-10-5-11-32-20/h3-13H,14H2,1-2H3,(H,25,29)(H,26,27,28). The third-order valence-electron chi connectivity index (χ3n) is 4.64. The van der Waals surface area contributed by atoms with E-state index in [0.29, 0.717) is 27.9 Å². The average molecular weight is 512 g/mol. The molecule has 2 amide bonds. The molecule has 0 radical (unpaired) electrons. The van der Waals surface area contributed by atoms with E-state index in [1.807, 2.05) is 41.1 Å². The van der Waals surface area contributed by atoms with Gasteiger partial charge < -0.3 is 20.1 Å². The van der Waals surface area contributed by atoms with E-state index in [1.165, 1.54) is 37.3 Å². The van der Waals surface area contributed by atoms with Crippen LogP contribution in [0.2, 0.25) is 0 Å². The zero-order valence-corrected chi connectivity index (χ0v) is 20.8. The molecule has 4 rings (SSSR count). The molecule has 0 atom stereocenters. The van der Waals surface area contributed by atoms with Crippen LogP contribution in [0.3, 0.4) is 0 Å². The van der Waals surface area contributed by atoms with Crippen LogP contribution in [0, 0.1) is 0 Å². The Morgan fingerprint density at radius 1 is 0.971 bits per heavy atom. The second-order valence-electron chi connectivity index (χ2n) is 6.87. The van der Waals surface area contributed by atoms with Gasteiger partial charge in [0.1, 0.15) is 17.1 Å². The van der Waals surface area contributed by atoms with E-state index in [9.17, 15) is 9.59 Å². The third kappa shape index (κ3) is 5.77. The van der Waals surface area contributed by atoms with E-state index in [-0.39, 0.29) is 17.6 Å². The summed E-state index contributed by atoms with van der Waals surface area (Å²) in [6.45, 7) is 0. The van der Waals surface area contributed by atoms with Gasteiger partial charge in [-0.1, -0.05) is 18.2 Å². The van der Waals surface area contributed by atoms with E-state index < -0.39 is 0 Å². The number of nitrogens with one attached hydrogen (secondary N) is 2. The van der Waals surface area contributed by atoms with Gasteiger partial charge in [0.25, 0.3) is 5.91 Å². The third-order valence-corrected chi connectivity index (χ3v) is 7.28. The first-order valence-electron chi connectivity index (χ1n) is 10.1. The topological polar surface area (TPSA) is 89.5 Å². The molecule has 2 aromatic heterocycles. The summed E-state index contributed by atoms with van der Waals surface area (Å²) in [5.74, 6) is 0.558. The van der Waals surface area contributed by atoms with Crippen LogP contribution >= 0.6 is 34.4 Å². The molecule has 0 fully saturated rings. The van der Waals surface area contributed by atoms with Crippen LogP contribution in [-0.4, -0.2) is 36.8 Å². The van der Waals surface area contributed by atoms with Crippen LogP contribution < -0.4 is 20.1 Å². The lowest BCUT2D eigenvalue weighted by Crippen LogP contribution is -2.15. The highest BCUT2D eigenvalue weighted by atomic mass is 32.2. The minimum atomic E-state index is -0.348. The van der Waals surface area contributed by atoms with Gasteiger partial charge in [-0.15, -0.1) is 34.4 Å². The number of hydrogen-bond acceptors (Lipinski definition) is 8. The quantitative estimate of drug-likeness (QED) is 0.273. The number of aromatic nitrogens is 1. The lowest BCUT2D eigenvalue weighted by atomic mass is 10.1. The van der Waals surface area contributed by atoms with Crippen LogP contribution in [0.1, 0.15) is 10.4 Å². The molecular formula is C24H21N3O4S3. The van der Waals surface area contributed by atoms with E-state index in [2.05, 4.69) is 15.6 Å². The SMILES string of the molecule is COc1cccc(OC)c1C(=O)Nc1cccc(SCC(=O)Nc2nc(-c3cccs3)cs2)c1. The van der Waals surface area contributed by atoms with E-state index in [1.54, 1.807) is 35.6 Å². The summed E-state index contributed by atoms with van der Waals surface area (Å²) in [5, 5.41) is 10.2. The lowest BCUT2D eigenvalue weighted by Gasteiger charge is -2.13. The Labute approximate surface area is 209 Å².